The molecule has 0 aliphatic rings. The number of benzene rings is 1. The SMILES string of the molecule is CCCC(=O)Nc1cccc(CNC(=NC)NCCCNC(=O)OC(C)(C)C)c1. The second kappa shape index (κ2) is 12.6. The van der Waals surface area contributed by atoms with Crippen molar-refractivity contribution in [2.75, 3.05) is 25.5 Å². The van der Waals surface area contributed by atoms with Crippen LogP contribution in [0.25, 0.3) is 0 Å². The van der Waals surface area contributed by atoms with Gasteiger partial charge >= 0.3 is 6.09 Å². The summed E-state index contributed by atoms with van der Waals surface area (Å²) >= 11 is 0. The van der Waals surface area contributed by atoms with Crippen LogP contribution in [0.4, 0.5) is 10.5 Å². The standard InChI is InChI=1S/C21H35N5O3/c1-6-9-18(27)26-17-11-7-10-16(14-17)15-25-19(22-5)23-12-8-13-24-20(28)29-21(2,3)4/h7,10-11,14H,6,8-9,12-13,15H2,1-5H3,(H,24,28)(H,26,27)(H2,22,23,25). The molecule has 1 rings (SSSR count). The Morgan fingerprint density at radius 2 is 1.83 bits per heavy atom. The van der Waals surface area contributed by atoms with Crippen LogP contribution in [0.2, 0.25) is 0 Å². The van der Waals surface area contributed by atoms with Gasteiger partial charge in [-0.1, -0.05) is 19.1 Å². The number of alkyl carbamates (subject to hydrolysis) is 1. The van der Waals surface area contributed by atoms with Crippen molar-refractivity contribution in [1.29, 1.82) is 0 Å². The lowest BCUT2D eigenvalue weighted by Gasteiger charge is -2.19. The minimum absolute atomic E-state index is 0.0232. The Balaban J connectivity index is 2.32. The van der Waals surface area contributed by atoms with Crippen LogP contribution in [0.3, 0.4) is 0 Å². The predicted octanol–water partition coefficient (Wildman–Crippen LogP) is 3.01. The van der Waals surface area contributed by atoms with Crippen LogP contribution >= 0.6 is 0 Å². The molecule has 0 radical (unpaired) electrons. The van der Waals surface area contributed by atoms with Crippen LogP contribution in [-0.4, -0.2) is 43.7 Å². The van der Waals surface area contributed by atoms with Crippen LogP contribution in [-0.2, 0) is 16.1 Å². The lowest BCUT2D eigenvalue weighted by atomic mass is 10.2. The second-order valence-corrected chi connectivity index (χ2v) is 7.63. The number of nitrogens with one attached hydrogen (secondary N) is 4. The summed E-state index contributed by atoms with van der Waals surface area (Å²) < 4.78 is 5.19. The number of carbonyl (C=O) groups excluding carboxylic acids is 2. The molecule has 0 spiro atoms. The summed E-state index contributed by atoms with van der Waals surface area (Å²) in [5.74, 6) is 0.692. The maximum absolute atomic E-state index is 11.7. The van der Waals surface area contributed by atoms with Crippen LogP contribution in [0, 0.1) is 0 Å². The molecule has 8 heteroatoms. The maximum atomic E-state index is 11.7. The third kappa shape index (κ3) is 11.6. The Morgan fingerprint density at radius 3 is 2.48 bits per heavy atom. The molecule has 0 unspecified atom stereocenters. The normalized spacial score (nSPS) is 11.6. The van der Waals surface area contributed by atoms with Crippen molar-refractivity contribution in [1.82, 2.24) is 16.0 Å². The number of amides is 2. The summed E-state index contributed by atoms with van der Waals surface area (Å²) in [4.78, 5) is 27.5. The second-order valence-electron chi connectivity index (χ2n) is 7.63. The zero-order valence-electron chi connectivity index (χ0n) is 18.2. The lowest BCUT2D eigenvalue weighted by molar-refractivity contribution is -0.116. The average molecular weight is 406 g/mol. The number of aliphatic imine (C=N–C) groups is 1. The number of ether oxygens (including phenoxy) is 1. The number of guanidine groups is 1. The predicted molar refractivity (Wildman–Crippen MR) is 117 cm³/mol. The van der Waals surface area contributed by atoms with Gasteiger partial charge in [-0.05, 0) is 51.3 Å². The van der Waals surface area contributed by atoms with Crippen LogP contribution in [0.5, 0.6) is 0 Å². The van der Waals surface area contributed by atoms with Gasteiger partial charge in [-0.3, -0.25) is 9.79 Å². The van der Waals surface area contributed by atoms with E-state index < -0.39 is 11.7 Å². The lowest BCUT2D eigenvalue weighted by Crippen LogP contribution is -2.39. The monoisotopic (exact) mass is 405 g/mol. The first-order valence-electron chi connectivity index (χ1n) is 10.0. The molecule has 0 fully saturated rings. The number of carbonyl (C=O) groups is 2. The Labute approximate surface area is 173 Å². The molecule has 4 N–H and O–H groups in total. The highest BCUT2D eigenvalue weighted by Crippen LogP contribution is 2.11. The number of rotatable bonds is 9. The summed E-state index contributed by atoms with van der Waals surface area (Å²) in [6.07, 6.45) is 1.66. The molecule has 8 nitrogen and oxygen atoms in total. The van der Waals surface area contributed by atoms with Crippen molar-refractivity contribution >= 4 is 23.6 Å². The molecule has 0 aromatic heterocycles. The molecule has 0 bridgehead atoms. The van der Waals surface area contributed by atoms with Crippen molar-refractivity contribution in [3.63, 3.8) is 0 Å². The van der Waals surface area contributed by atoms with Gasteiger partial charge in [0.2, 0.25) is 5.91 Å². The zero-order valence-corrected chi connectivity index (χ0v) is 18.2. The highest BCUT2D eigenvalue weighted by Gasteiger charge is 2.15. The van der Waals surface area contributed by atoms with Crippen LogP contribution < -0.4 is 21.3 Å². The third-order valence-electron chi connectivity index (χ3n) is 3.69. The van der Waals surface area contributed by atoms with E-state index in [-0.39, 0.29) is 5.91 Å². The first-order chi connectivity index (χ1) is 13.7. The highest BCUT2D eigenvalue weighted by molar-refractivity contribution is 5.90. The van der Waals surface area contributed by atoms with E-state index in [4.69, 9.17) is 4.74 Å². The van der Waals surface area contributed by atoms with Gasteiger partial charge in [0.25, 0.3) is 0 Å². The van der Waals surface area contributed by atoms with Gasteiger partial charge < -0.3 is 26.0 Å². The van der Waals surface area contributed by atoms with Crippen molar-refractivity contribution in [2.45, 2.75) is 59.1 Å². The van der Waals surface area contributed by atoms with Gasteiger partial charge in [0.15, 0.2) is 5.96 Å². The van der Waals surface area contributed by atoms with Crippen LogP contribution in [0.1, 0.15) is 52.5 Å². The number of hydrogen-bond acceptors (Lipinski definition) is 4. The third-order valence-corrected chi connectivity index (χ3v) is 3.69. The van der Waals surface area contributed by atoms with Crippen LogP contribution in [0.15, 0.2) is 29.3 Å². The minimum atomic E-state index is -0.496. The van der Waals surface area contributed by atoms with Gasteiger partial charge in [0.05, 0.1) is 0 Å². The molecule has 2 amide bonds. The van der Waals surface area contributed by atoms with Gasteiger partial charge in [-0.15, -0.1) is 0 Å². The van der Waals surface area contributed by atoms with Gasteiger partial charge in [-0.2, -0.15) is 0 Å². The fraction of sp³-hybridized carbons (Fsp3) is 0.571. The summed E-state index contributed by atoms with van der Waals surface area (Å²) in [6.45, 7) is 9.22. The van der Waals surface area contributed by atoms with Gasteiger partial charge in [0.1, 0.15) is 5.60 Å². The highest BCUT2D eigenvalue weighted by atomic mass is 16.6. The molecule has 0 heterocycles. The molecule has 0 aliphatic carbocycles. The Hall–Kier alpha value is -2.77. The molecular weight excluding hydrogens is 370 g/mol. The van der Waals surface area contributed by atoms with E-state index >= 15 is 0 Å². The number of hydrogen-bond donors (Lipinski definition) is 4. The summed E-state index contributed by atoms with van der Waals surface area (Å²) in [5.41, 5.74) is 1.33. The minimum Gasteiger partial charge on any atom is -0.444 e. The van der Waals surface area contributed by atoms with E-state index in [1.165, 1.54) is 0 Å². The first-order valence-corrected chi connectivity index (χ1v) is 10.0. The summed E-state index contributed by atoms with van der Waals surface area (Å²) in [6, 6.07) is 7.72. The quantitative estimate of drug-likeness (QED) is 0.287. The smallest absolute Gasteiger partial charge is 0.407 e. The number of nitrogens with zero attached hydrogens (tertiary/aromatic N) is 1. The average Bonchev–Trinajstić information content (AvgIpc) is 2.63. The summed E-state index contributed by atoms with van der Waals surface area (Å²) in [7, 11) is 1.70. The molecule has 162 valence electrons. The van der Waals surface area contributed by atoms with E-state index in [9.17, 15) is 9.59 Å². The topological polar surface area (TPSA) is 104 Å². The molecular formula is C21H35N5O3. The van der Waals surface area contributed by atoms with Gasteiger partial charge in [0, 0.05) is 38.8 Å². The fourth-order valence-electron chi connectivity index (χ4n) is 2.42. The molecule has 0 atom stereocenters. The van der Waals surface area contributed by atoms with Gasteiger partial charge in [-0.25, -0.2) is 4.79 Å². The number of anilines is 1. The fourth-order valence-corrected chi connectivity index (χ4v) is 2.42. The van der Waals surface area contributed by atoms with E-state index in [0.717, 1.165) is 24.1 Å². The Morgan fingerprint density at radius 1 is 1.10 bits per heavy atom. The Bertz CT molecular complexity index is 683. The molecule has 0 aliphatic heterocycles. The van der Waals surface area contributed by atoms with Crippen molar-refractivity contribution in [3.05, 3.63) is 29.8 Å². The zero-order chi connectivity index (χ0) is 21.7. The van der Waals surface area contributed by atoms with E-state index in [1.807, 2.05) is 52.0 Å². The van der Waals surface area contributed by atoms with Crippen molar-refractivity contribution in [3.8, 4) is 0 Å². The largest absolute Gasteiger partial charge is 0.444 e. The molecule has 1 aromatic rings. The molecule has 0 saturated carbocycles. The maximum Gasteiger partial charge on any atom is 0.407 e. The molecule has 29 heavy (non-hydrogen) atoms. The molecule has 1 aromatic carbocycles. The van der Waals surface area contributed by atoms with Crippen molar-refractivity contribution in [2.24, 2.45) is 4.99 Å². The van der Waals surface area contributed by atoms with E-state index in [2.05, 4.69) is 26.3 Å². The van der Waals surface area contributed by atoms with Crippen molar-refractivity contribution < 1.29 is 14.3 Å². The van der Waals surface area contributed by atoms with E-state index in [1.54, 1.807) is 7.05 Å². The first kappa shape index (κ1) is 24.3. The molecule has 0 saturated heterocycles. The summed E-state index contributed by atoms with van der Waals surface area (Å²) in [5, 5.41) is 12.1. The Kier molecular flexibility index (Phi) is 10.6. The van der Waals surface area contributed by atoms with E-state index in [0.29, 0.717) is 32.0 Å².